The molecule has 1 aliphatic rings. The molecule has 4 rings (SSSR count). The van der Waals surface area contributed by atoms with Gasteiger partial charge in [-0.3, -0.25) is 9.59 Å². The van der Waals surface area contributed by atoms with Gasteiger partial charge in [-0.2, -0.15) is 4.98 Å². The van der Waals surface area contributed by atoms with Gasteiger partial charge in [0.25, 0.3) is 11.4 Å². The maximum absolute atomic E-state index is 12.1. The minimum absolute atomic E-state index is 0.144. The lowest BCUT2D eigenvalue weighted by Crippen LogP contribution is -2.25. The third-order valence-corrected chi connectivity index (χ3v) is 4.39. The van der Waals surface area contributed by atoms with E-state index in [4.69, 9.17) is 9.26 Å². The van der Waals surface area contributed by atoms with Gasteiger partial charge in [0, 0.05) is 19.4 Å². The first-order valence-electron chi connectivity index (χ1n) is 8.88. The van der Waals surface area contributed by atoms with Crippen LogP contribution < -0.4 is 10.9 Å². The minimum Gasteiger partial charge on any atom is -0.368 e. The molecule has 3 heterocycles. The molecule has 2 N–H and O–H groups in total. The number of aryl methyl sites for hydroxylation is 1. The Morgan fingerprint density at radius 2 is 2.19 bits per heavy atom. The highest BCUT2D eigenvalue weighted by Crippen LogP contribution is 2.26. The van der Waals surface area contributed by atoms with Gasteiger partial charge in [-0.05, 0) is 25.0 Å². The quantitative estimate of drug-likeness (QED) is 0.673. The molecule has 140 valence electrons. The smallest absolute Gasteiger partial charge is 0.270 e. The van der Waals surface area contributed by atoms with Crippen LogP contribution in [0.4, 0.5) is 0 Å². The van der Waals surface area contributed by atoms with E-state index in [0.717, 1.165) is 12.8 Å². The van der Waals surface area contributed by atoms with Gasteiger partial charge in [0.2, 0.25) is 5.91 Å². The van der Waals surface area contributed by atoms with Crippen molar-refractivity contribution in [2.24, 2.45) is 0 Å². The highest BCUT2D eigenvalue weighted by molar-refractivity contribution is 5.76. The zero-order valence-corrected chi connectivity index (χ0v) is 14.6. The number of carbonyl (C=O) groups excluding carboxylic acids is 1. The molecule has 2 aromatic heterocycles. The van der Waals surface area contributed by atoms with Gasteiger partial charge in [0.05, 0.1) is 17.6 Å². The van der Waals surface area contributed by atoms with Gasteiger partial charge >= 0.3 is 0 Å². The Kier molecular flexibility index (Phi) is 4.93. The first-order chi connectivity index (χ1) is 13.2. The number of benzene rings is 1. The second kappa shape index (κ2) is 7.67. The van der Waals surface area contributed by atoms with Crippen LogP contribution >= 0.6 is 0 Å². The van der Waals surface area contributed by atoms with E-state index in [1.807, 2.05) is 18.2 Å². The second-order valence-electron chi connectivity index (χ2n) is 6.36. The number of para-hydroxylation sites is 2. The van der Waals surface area contributed by atoms with Crippen LogP contribution in [0.2, 0.25) is 0 Å². The van der Waals surface area contributed by atoms with Crippen molar-refractivity contribution in [1.82, 2.24) is 25.4 Å². The Morgan fingerprint density at radius 1 is 1.30 bits per heavy atom. The number of nitrogens with zero attached hydrogens (tertiary/aromatic N) is 3. The number of hydrogen-bond donors (Lipinski definition) is 2. The molecule has 1 aromatic carbocycles. The van der Waals surface area contributed by atoms with Crippen molar-refractivity contribution < 1.29 is 14.1 Å². The van der Waals surface area contributed by atoms with Crippen LogP contribution in [-0.4, -0.2) is 32.6 Å². The minimum atomic E-state index is -0.277. The number of aromatic nitrogens is 4. The third-order valence-electron chi connectivity index (χ3n) is 4.39. The normalized spacial score (nSPS) is 16.7. The average Bonchev–Trinajstić information content (AvgIpc) is 3.36. The van der Waals surface area contributed by atoms with E-state index in [2.05, 4.69) is 25.4 Å². The lowest BCUT2D eigenvalue weighted by molar-refractivity contribution is -0.121. The van der Waals surface area contributed by atoms with Crippen molar-refractivity contribution in [2.45, 2.75) is 38.3 Å². The van der Waals surface area contributed by atoms with Gasteiger partial charge in [-0.15, -0.1) is 0 Å². The fourth-order valence-electron chi connectivity index (χ4n) is 2.98. The molecule has 9 heteroatoms. The second-order valence-corrected chi connectivity index (χ2v) is 6.36. The number of H-pyrrole nitrogens is 1. The van der Waals surface area contributed by atoms with Gasteiger partial charge < -0.3 is 19.6 Å². The van der Waals surface area contributed by atoms with Crippen LogP contribution in [-0.2, 0) is 22.5 Å². The summed E-state index contributed by atoms with van der Waals surface area (Å²) < 4.78 is 10.7. The maximum atomic E-state index is 12.1. The van der Waals surface area contributed by atoms with Crippen molar-refractivity contribution in [3.05, 3.63) is 52.0 Å². The van der Waals surface area contributed by atoms with Crippen molar-refractivity contribution in [2.75, 3.05) is 6.61 Å². The molecule has 0 saturated carbocycles. The summed E-state index contributed by atoms with van der Waals surface area (Å²) in [6.07, 6.45) is 2.08. The Morgan fingerprint density at radius 3 is 3.04 bits per heavy atom. The predicted octanol–water partition coefficient (Wildman–Crippen LogP) is 1.41. The first kappa shape index (κ1) is 17.3. The van der Waals surface area contributed by atoms with E-state index in [1.54, 1.807) is 6.07 Å². The molecule has 1 atom stereocenters. The molecule has 1 unspecified atom stereocenters. The first-order valence-corrected chi connectivity index (χ1v) is 8.88. The standard InChI is InChI=1S/C18H19N5O4/c24-16(19-10-15-22-18(27-23-15)14-6-3-9-26-14)8-7-13-17(25)21-12-5-2-1-4-11(12)20-13/h1-2,4-5,14H,3,6-10H2,(H,19,24)(H,21,25). The summed E-state index contributed by atoms with van der Waals surface area (Å²) >= 11 is 0. The molecule has 0 radical (unpaired) electrons. The Balaban J connectivity index is 1.31. The fraction of sp³-hybridized carbons (Fsp3) is 0.389. The molecule has 1 saturated heterocycles. The zero-order chi connectivity index (χ0) is 18.6. The number of aromatic amines is 1. The van der Waals surface area contributed by atoms with Crippen LogP contribution in [0.5, 0.6) is 0 Å². The number of amides is 1. The summed E-state index contributed by atoms with van der Waals surface area (Å²) in [5.41, 5.74) is 1.43. The number of carbonyl (C=O) groups is 1. The number of rotatable bonds is 6. The van der Waals surface area contributed by atoms with Crippen LogP contribution in [0.25, 0.3) is 11.0 Å². The molecule has 1 amide bonds. The SMILES string of the molecule is O=C(CCc1nc2ccccc2[nH]c1=O)NCc1noc(C2CCCO2)n1. The summed E-state index contributed by atoms with van der Waals surface area (Å²) in [5.74, 6) is 0.631. The molecule has 3 aromatic rings. The largest absolute Gasteiger partial charge is 0.368 e. The fourth-order valence-corrected chi connectivity index (χ4v) is 2.98. The Hall–Kier alpha value is -3.07. The summed E-state index contributed by atoms with van der Waals surface area (Å²) in [6.45, 7) is 0.859. The van der Waals surface area contributed by atoms with Gasteiger partial charge in [0.15, 0.2) is 5.82 Å². The molecule has 0 aliphatic carbocycles. The van der Waals surface area contributed by atoms with E-state index in [-0.39, 0.29) is 37.0 Å². The topological polar surface area (TPSA) is 123 Å². The summed E-state index contributed by atoms with van der Waals surface area (Å²) in [6, 6.07) is 7.28. The molecular weight excluding hydrogens is 350 g/mol. The van der Waals surface area contributed by atoms with Crippen LogP contribution in [0.15, 0.2) is 33.6 Å². The van der Waals surface area contributed by atoms with E-state index in [9.17, 15) is 9.59 Å². The summed E-state index contributed by atoms with van der Waals surface area (Å²) in [5, 5.41) is 6.58. The number of fused-ring (bicyclic) bond motifs is 1. The predicted molar refractivity (Wildman–Crippen MR) is 94.8 cm³/mol. The van der Waals surface area contributed by atoms with Crippen molar-refractivity contribution in [3.8, 4) is 0 Å². The number of nitrogens with one attached hydrogen (secondary N) is 2. The van der Waals surface area contributed by atoms with Gasteiger partial charge in [-0.25, -0.2) is 4.98 Å². The highest BCUT2D eigenvalue weighted by atomic mass is 16.5. The third kappa shape index (κ3) is 4.03. The van der Waals surface area contributed by atoms with Gasteiger partial charge in [-0.1, -0.05) is 17.3 Å². The van der Waals surface area contributed by atoms with Crippen LogP contribution in [0, 0.1) is 0 Å². The number of hydrogen-bond acceptors (Lipinski definition) is 7. The van der Waals surface area contributed by atoms with Crippen molar-refractivity contribution in [1.29, 1.82) is 0 Å². The molecule has 27 heavy (non-hydrogen) atoms. The molecule has 9 nitrogen and oxygen atoms in total. The van der Waals surface area contributed by atoms with Crippen LogP contribution in [0.3, 0.4) is 0 Å². The lowest BCUT2D eigenvalue weighted by Gasteiger charge is -2.04. The monoisotopic (exact) mass is 369 g/mol. The van der Waals surface area contributed by atoms with E-state index in [0.29, 0.717) is 35.0 Å². The molecule has 0 bridgehead atoms. The van der Waals surface area contributed by atoms with Gasteiger partial charge in [0.1, 0.15) is 11.8 Å². The maximum Gasteiger partial charge on any atom is 0.270 e. The lowest BCUT2D eigenvalue weighted by atomic mass is 10.2. The van der Waals surface area contributed by atoms with Crippen molar-refractivity contribution in [3.63, 3.8) is 0 Å². The van der Waals surface area contributed by atoms with Crippen LogP contribution in [0.1, 0.15) is 42.8 Å². The van der Waals surface area contributed by atoms with E-state index >= 15 is 0 Å². The highest BCUT2D eigenvalue weighted by Gasteiger charge is 2.23. The Labute approximate surface area is 154 Å². The summed E-state index contributed by atoms with van der Waals surface area (Å²) in [7, 11) is 0. The summed E-state index contributed by atoms with van der Waals surface area (Å²) in [4.78, 5) is 35.5. The number of ether oxygens (including phenoxy) is 1. The zero-order valence-electron chi connectivity index (χ0n) is 14.6. The van der Waals surface area contributed by atoms with Crippen molar-refractivity contribution >= 4 is 16.9 Å². The Bertz CT molecular complexity index is 1010. The van der Waals surface area contributed by atoms with E-state index < -0.39 is 0 Å². The molecular formula is C18H19N5O4. The average molecular weight is 369 g/mol. The molecule has 0 spiro atoms. The molecule has 1 aliphatic heterocycles. The molecule has 1 fully saturated rings. The van der Waals surface area contributed by atoms with E-state index in [1.165, 1.54) is 0 Å².